The standard InChI is InChI=1S/C11H17N3O2/c1-16-7-3-6-13-11(15)14-10-5-2-4-9(12)8-10/h2,4-5,8H,3,6-7,12H2,1H3,(H2,13,14,15). The third-order valence-electron chi connectivity index (χ3n) is 1.96. The molecule has 88 valence electrons. The molecule has 0 bridgehead atoms. The van der Waals surface area contributed by atoms with Crippen molar-refractivity contribution in [1.82, 2.24) is 5.32 Å². The minimum absolute atomic E-state index is 0.235. The average Bonchev–Trinajstić information content (AvgIpc) is 2.24. The summed E-state index contributed by atoms with van der Waals surface area (Å²) in [6.07, 6.45) is 0.793. The van der Waals surface area contributed by atoms with Crippen molar-refractivity contribution in [1.29, 1.82) is 0 Å². The number of carbonyl (C=O) groups is 1. The Hall–Kier alpha value is -1.75. The summed E-state index contributed by atoms with van der Waals surface area (Å²) in [5.41, 5.74) is 6.89. The summed E-state index contributed by atoms with van der Waals surface area (Å²) in [5, 5.41) is 5.40. The molecule has 4 N–H and O–H groups in total. The molecule has 0 aliphatic carbocycles. The van der Waals surface area contributed by atoms with Gasteiger partial charge in [-0.15, -0.1) is 0 Å². The van der Waals surface area contributed by atoms with E-state index in [4.69, 9.17) is 10.5 Å². The number of amides is 2. The van der Waals surface area contributed by atoms with Crippen LogP contribution in [0.15, 0.2) is 24.3 Å². The van der Waals surface area contributed by atoms with Crippen LogP contribution in [0, 0.1) is 0 Å². The second kappa shape index (κ2) is 6.68. The Balaban J connectivity index is 2.29. The van der Waals surface area contributed by atoms with Gasteiger partial charge in [-0.2, -0.15) is 0 Å². The van der Waals surface area contributed by atoms with Crippen molar-refractivity contribution in [3.63, 3.8) is 0 Å². The van der Waals surface area contributed by atoms with Crippen molar-refractivity contribution in [3.8, 4) is 0 Å². The molecule has 16 heavy (non-hydrogen) atoms. The smallest absolute Gasteiger partial charge is 0.319 e. The van der Waals surface area contributed by atoms with E-state index in [-0.39, 0.29) is 6.03 Å². The van der Waals surface area contributed by atoms with Crippen LogP contribution in [0.4, 0.5) is 16.2 Å². The van der Waals surface area contributed by atoms with Crippen LogP contribution >= 0.6 is 0 Å². The lowest BCUT2D eigenvalue weighted by molar-refractivity contribution is 0.194. The van der Waals surface area contributed by atoms with Crippen molar-refractivity contribution in [2.24, 2.45) is 0 Å². The molecule has 0 aromatic heterocycles. The molecule has 0 saturated heterocycles. The Labute approximate surface area is 95.0 Å². The molecule has 5 heteroatoms. The van der Waals surface area contributed by atoms with Gasteiger partial charge in [-0.1, -0.05) is 6.07 Å². The predicted octanol–water partition coefficient (Wildman–Crippen LogP) is 1.43. The summed E-state index contributed by atoms with van der Waals surface area (Å²) in [7, 11) is 1.63. The van der Waals surface area contributed by atoms with Crippen molar-refractivity contribution in [3.05, 3.63) is 24.3 Å². The Morgan fingerprint density at radius 2 is 2.31 bits per heavy atom. The number of benzene rings is 1. The first-order valence-electron chi connectivity index (χ1n) is 5.11. The van der Waals surface area contributed by atoms with Crippen LogP contribution < -0.4 is 16.4 Å². The molecule has 1 aromatic rings. The highest BCUT2D eigenvalue weighted by atomic mass is 16.5. The molecule has 0 aliphatic rings. The van der Waals surface area contributed by atoms with E-state index in [9.17, 15) is 4.79 Å². The molecule has 1 aromatic carbocycles. The molecule has 0 fully saturated rings. The fraction of sp³-hybridized carbons (Fsp3) is 0.364. The van der Waals surface area contributed by atoms with E-state index in [1.807, 2.05) is 0 Å². The monoisotopic (exact) mass is 223 g/mol. The Morgan fingerprint density at radius 3 is 3.00 bits per heavy atom. The first-order chi connectivity index (χ1) is 7.72. The van der Waals surface area contributed by atoms with E-state index >= 15 is 0 Å². The first kappa shape index (κ1) is 12.3. The van der Waals surface area contributed by atoms with Crippen LogP contribution in [-0.2, 0) is 4.74 Å². The molecule has 5 nitrogen and oxygen atoms in total. The number of ether oxygens (including phenoxy) is 1. The van der Waals surface area contributed by atoms with Gasteiger partial charge in [0.15, 0.2) is 0 Å². The van der Waals surface area contributed by atoms with Crippen LogP contribution in [0.1, 0.15) is 6.42 Å². The third kappa shape index (κ3) is 4.65. The Morgan fingerprint density at radius 1 is 1.50 bits per heavy atom. The highest BCUT2D eigenvalue weighted by molar-refractivity contribution is 5.89. The minimum Gasteiger partial charge on any atom is -0.399 e. The highest BCUT2D eigenvalue weighted by Gasteiger charge is 2.00. The second-order valence-electron chi connectivity index (χ2n) is 3.35. The normalized spacial score (nSPS) is 9.81. The van der Waals surface area contributed by atoms with Crippen LogP contribution in [0.25, 0.3) is 0 Å². The number of nitrogens with one attached hydrogen (secondary N) is 2. The molecule has 0 atom stereocenters. The van der Waals surface area contributed by atoms with Gasteiger partial charge < -0.3 is 21.1 Å². The SMILES string of the molecule is COCCCNC(=O)Nc1cccc(N)c1. The zero-order valence-corrected chi connectivity index (χ0v) is 9.32. The molecule has 0 saturated carbocycles. The molecular weight excluding hydrogens is 206 g/mol. The van der Waals surface area contributed by atoms with Crippen LogP contribution in [0.5, 0.6) is 0 Å². The molecule has 0 unspecified atom stereocenters. The third-order valence-corrected chi connectivity index (χ3v) is 1.96. The number of anilines is 2. The van der Waals surface area contributed by atoms with Gasteiger partial charge in [0.05, 0.1) is 0 Å². The number of hydrogen-bond donors (Lipinski definition) is 3. The summed E-state index contributed by atoms with van der Waals surface area (Å²) in [6, 6.07) is 6.80. The summed E-state index contributed by atoms with van der Waals surface area (Å²) in [6.45, 7) is 1.22. The number of carbonyl (C=O) groups excluding carboxylic acids is 1. The van der Waals surface area contributed by atoms with Crippen molar-refractivity contribution in [2.45, 2.75) is 6.42 Å². The first-order valence-corrected chi connectivity index (χ1v) is 5.11. The molecule has 1 rings (SSSR count). The van der Waals surface area contributed by atoms with E-state index in [1.54, 1.807) is 31.4 Å². The summed E-state index contributed by atoms with van der Waals surface area (Å²) >= 11 is 0. The predicted molar refractivity (Wildman–Crippen MR) is 64.4 cm³/mol. The number of hydrogen-bond acceptors (Lipinski definition) is 3. The maximum atomic E-state index is 11.4. The van der Waals surface area contributed by atoms with E-state index in [0.29, 0.717) is 24.5 Å². The number of rotatable bonds is 5. The van der Waals surface area contributed by atoms with Crippen LogP contribution in [-0.4, -0.2) is 26.3 Å². The molecule has 0 radical (unpaired) electrons. The van der Waals surface area contributed by atoms with E-state index in [1.165, 1.54) is 0 Å². The molecule has 0 heterocycles. The van der Waals surface area contributed by atoms with Gasteiger partial charge in [0.2, 0.25) is 0 Å². The van der Waals surface area contributed by atoms with Crippen molar-refractivity contribution >= 4 is 17.4 Å². The topological polar surface area (TPSA) is 76.4 Å². The number of methoxy groups -OCH3 is 1. The quantitative estimate of drug-likeness (QED) is 0.522. The van der Waals surface area contributed by atoms with Gasteiger partial charge >= 0.3 is 6.03 Å². The van der Waals surface area contributed by atoms with Gasteiger partial charge in [-0.05, 0) is 24.6 Å². The number of nitrogen functional groups attached to an aromatic ring is 1. The van der Waals surface area contributed by atoms with Crippen molar-refractivity contribution < 1.29 is 9.53 Å². The number of nitrogens with two attached hydrogens (primary N) is 1. The lowest BCUT2D eigenvalue weighted by Gasteiger charge is -2.07. The van der Waals surface area contributed by atoms with Crippen LogP contribution in [0.2, 0.25) is 0 Å². The highest BCUT2D eigenvalue weighted by Crippen LogP contribution is 2.11. The lowest BCUT2D eigenvalue weighted by atomic mass is 10.3. The second-order valence-corrected chi connectivity index (χ2v) is 3.35. The van der Waals surface area contributed by atoms with Gasteiger partial charge in [0.25, 0.3) is 0 Å². The zero-order valence-electron chi connectivity index (χ0n) is 9.32. The average molecular weight is 223 g/mol. The van der Waals surface area contributed by atoms with Gasteiger partial charge in [0.1, 0.15) is 0 Å². The fourth-order valence-electron chi connectivity index (χ4n) is 1.21. The summed E-state index contributed by atoms with van der Waals surface area (Å²) in [5.74, 6) is 0. The minimum atomic E-state index is -0.235. The Bertz CT molecular complexity index is 342. The van der Waals surface area contributed by atoms with E-state index < -0.39 is 0 Å². The molecule has 2 amide bonds. The van der Waals surface area contributed by atoms with Gasteiger partial charge in [-0.3, -0.25) is 0 Å². The maximum absolute atomic E-state index is 11.4. The summed E-state index contributed by atoms with van der Waals surface area (Å²) in [4.78, 5) is 11.4. The Kier molecular flexibility index (Phi) is 5.15. The molecule has 0 aliphatic heterocycles. The van der Waals surface area contributed by atoms with Crippen molar-refractivity contribution in [2.75, 3.05) is 31.3 Å². The van der Waals surface area contributed by atoms with E-state index in [0.717, 1.165) is 6.42 Å². The van der Waals surface area contributed by atoms with Gasteiger partial charge in [-0.25, -0.2) is 4.79 Å². The van der Waals surface area contributed by atoms with Gasteiger partial charge in [0, 0.05) is 31.6 Å². The van der Waals surface area contributed by atoms with Crippen LogP contribution in [0.3, 0.4) is 0 Å². The maximum Gasteiger partial charge on any atom is 0.319 e. The zero-order chi connectivity index (χ0) is 11.8. The summed E-state index contributed by atoms with van der Waals surface area (Å²) < 4.78 is 4.87. The lowest BCUT2D eigenvalue weighted by Crippen LogP contribution is -2.30. The largest absolute Gasteiger partial charge is 0.399 e. The number of urea groups is 1. The molecular formula is C11H17N3O2. The fourth-order valence-corrected chi connectivity index (χ4v) is 1.21. The molecule has 0 spiro atoms. The van der Waals surface area contributed by atoms with E-state index in [2.05, 4.69) is 10.6 Å².